The molecular weight excluding hydrogens is 304 g/mol. The van der Waals surface area contributed by atoms with Crippen molar-refractivity contribution in [3.8, 4) is 0 Å². The fourth-order valence-electron chi connectivity index (χ4n) is 2.13. The number of hydrogen-bond acceptors (Lipinski definition) is 4. The summed E-state index contributed by atoms with van der Waals surface area (Å²) >= 11 is 0.971. The minimum absolute atomic E-state index is 0.0476. The van der Waals surface area contributed by atoms with Gasteiger partial charge in [0.25, 0.3) is 0 Å². The number of hydrogen-bond donors (Lipinski definition) is 1. The molecule has 0 spiro atoms. The number of halogens is 2. The van der Waals surface area contributed by atoms with Gasteiger partial charge < -0.3 is 10.0 Å². The third-order valence-corrected chi connectivity index (χ3v) is 3.99. The van der Waals surface area contributed by atoms with Crippen LogP contribution in [0.2, 0.25) is 0 Å². The number of nitrogens with zero attached hydrogens (tertiary/aromatic N) is 1. The third-order valence-electron chi connectivity index (χ3n) is 3.01. The van der Waals surface area contributed by atoms with Gasteiger partial charge in [0.05, 0.1) is 11.3 Å². The molecule has 5 nitrogen and oxygen atoms in total. The lowest BCUT2D eigenvalue weighted by Gasteiger charge is -2.18. The molecule has 1 fully saturated rings. The molecule has 21 heavy (non-hydrogen) atoms. The van der Waals surface area contributed by atoms with Crippen molar-refractivity contribution in [2.24, 2.45) is 0 Å². The van der Waals surface area contributed by atoms with Gasteiger partial charge in [0, 0.05) is 25.1 Å². The summed E-state index contributed by atoms with van der Waals surface area (Å²) in [6, 6.07) is 1.97. The Morgan fingerprint density at radius 1 is 1.33 bits per heavy atom. The summed E-state index contributed by atoms with van der Waals surface area (Å²) in [6.45, 7) is 1.44. The first kappa shape index (κ1) is 15.4. The van der Waals surface area contributed by atoms with Gasteiger partial charge >= 0.3 is 5.97 Å². The summed E-state index contributed by atoms with van der Waals surface area (Å²) in [4.78, 5) is 34.6. The second kappa shape index (κ2) is 5.80. The summed E-state index contributed by atoms with van der Waals surface area (Å²) < 4.78 is 27.6. The number of anilines is 1. The summed E-state index contributed by atoms with van der Waals surface area (Å²) in [5.41, 5.74) is -1.10. The van der Waals surface area contributed by atoms with E-state index in [1.807, 2.05) is 0 Å². The third kappa shape index (κ3) is 3.05. The molecule has 0 radical (unpaired) electrons. The number of thioether (sulfide) groups is 1. The monoisotopic (exact) mass is 315 g/mol. The summed E-state index contributed by atoms with van der Waals surface area (Å²) in [5, 5.41) is 8.22. The highest BCUT2D eigenvalue weighted by atomic mass is 32.2. The molecule has 2 rings (SSSR count). The van der Waals surface area contributed by atoms with Gasteiger partial charge in [-0.25, -0.2) is 13.6 Å². The number of carboxylic acids is 1. The summed E-state index contributed by atoms with van der Waals surface area (Å²) in [5.74, 6) is -4.90. The Bertz CT molecular complexity index is 635. The molecular formula is C13H11F2NO4S. The number of rotatable bonds is 3. The molecule has 1 unspecified atom stereocenters. The number of carboxylic acid groups (broad SMARTS) is 1. The van der Waals surface area contributed by atoms with Crippen LogP contribution in [-0.4, -0.2) is 33.9 Å². The van der Waals surface area contributed by atoms with E-state index >= 15 is 0 Å². The molecule has 1 amide bonds. The second-order valence-electron chi connectivity index (χ2n) is 4.51. The van der Waals surface area contributed by atoms with Gasteiger partial charge in [-0.15, -0.1) is 0 Å². The van der Waals surface area contributed by atoms with E-state index in [1.165, 1.54) is 6.92 Å². The highest BCUT2D eigenvalue weighted by molar-refractivity contribution is 8.14. The topological polar surface area (TPSA) is 74.7 Å². The molecule has 1 saturated heterocycles. The van der Waals surface area contributed by atoms with Crippen molar-refractivity contribution < 1.29 is 28.3 Å². The van der Waals surface area contributed by atoms with Crippen molar-refractivity contribution >= 4 is 34.4 Å². The maximum absolute atomic E-state index is 13.9. The number of aromatic carboxylic acids is 1. The maximum Gasteiger partial charge on any atom is 0.338 e. The van der Waals surface area contributed by atoms with Gasteiger partial charge in [-0.05, 0) is 12.1 Å². The molecule has 0 aromatic heterocycles. The van der Waals surface area contributed by atoms with Crippen molar-refractivity contribution in [2.45, 2.75) is 18.6 Å². The Balaban J connectivity index is 2.31. The van der Waals surface area contributed by atoms with Gasteiger partial charge in [-0.3, -0.25) is 9.59 Å². The number of benzene rings is 1. The molecule has 1 aromatic rings. The van der Waals surface area contributed by atoms with Gasteiger partial charge in [-0.1, -0.05) is 11.8 Å². The molecule has 0 saturated carbocycles. The molecule has 8 heteroatoms. The van der Waals surface area contributed by atoms with Gasteiger partial charge in [0.2, 0.25) is 5.91 Å². The van der Waals surface area contributed by atoms with Crippen LogP contribution in [0.25, 0.3) is 0 Å². The highest BCUT2D eigenvalue weighted by Crippen LogP contribution is 2.31. The van der Waals surface area contributed by atoms with Crippen LogP contribution >= 0.6 is 11.8 Å². The standard InChI is InChI=1S/C13H11F2NO4S/c1-6(17)21-7-4-10(18)16(5-7)9-3-2-8(13(19)20)11(14)12(9)15/h2-3,7H,4-5H2,1H3,(H,19,20). The maximum atomic E-state index is 13.9. The largest absolute Gasteiger partial charge is 0.478 e. The van der Waals surface area contributed by atoms with Crippen LogP contribution in [0.3, 0.4) is 0 Å². The molecule has 0 bridgehead atoms. The van der Waals surface area contributed by atoms with Crippen molar-refractivity contribution in [3.63, 3.8) is 0 Å². The Morgan fingerprint density at radius 3 is 2.57 bits per heavy atom. The van der Waals surface area contributed by atoms with E-state index in [1.54, 1.807) is 0 Å². The van der Waals surface area contributed by atoms with Gasteiger partial charge in [0.1, 0.15) is 0 Å². The van der Waals surface area contributed by atoms with Crippen LogP contribution in [0.15, 0.2) is 12.1 Å². The van der Waals surface area contributed by atoms with E-state index in [0.29, 0.717) is 0 Å². The van der Waals surface area contributed by atoms with Crippen LogP contribution in [0.5, 0.6) is 0 Å². The molecule has 1 aliphatic rings. The minimum Gasteiger partial charge on any atom is -0.478 e. The van der Waals surface area contributed by atoms with Crippen molar-refractivity contribution in [1.82, 2.24) is 0 Å². The van der Waals surface area contributed by atoms with Crippen LogP contribution in [0.1, 0.15) is 23.7 Å². The first-order chi connectivity index (χ1) is 9.81. The Labute approximate surface area is 122 Å². The van der Waals surface area contributed by atoms with Crippen molar-refractivity contribution in [1.29, 1.82) is 0 Å². The summed E-state index contributed by atoms with van der Waals surface area (Å²) in [7, 11) is 0. The van der Waals surface area contributed by atoms with E-state index in [4.69, 9.17) is 5.11 Å². The quantitative estimate of drug-likeness (QED) is 0.924. The zero-order valence-electron chi connectivity index (χ0n) is 10.9. The first-order valence-corrected chi connectivity index (χ1v) is 6.88. The van der Waals surface area contributed by atoms with Gasteiger partial charge in [-0.2, -0.15) is 0 Å². The highest BCUT2D eigenvalue weighted by Gasteiger charge is 2.34. The molecule has 112 valence electrons. The predicted octanol–water partition coefficient (Wildman–Crippen LogP) is 2.05. The van der Waals surface area contributed by atoms with Crippen LogP contribution in [0, 0.1) is 11.6 Å². The van der Waals surface area contributed by atoms with E-state index in [-0.39, 0.29) is 29.0 Å². The Kier molecular flexibility index (Phi) is 4.26. The normalized spacial score (nSPS) is 18.1. The second-order valence-corrected chi connectivity index (χ2v) is 5.98. The lowest BCUT2D eigenvalue weighted by molar-refractivity contribution is -0.117. The lowest BCUT2D eigenvalue weighted by Crippen LogP contribution is -2.26. The molecule has 1 atom stereocenters. The molecule has 1 N–H and O–H groups in total. The Hall–Kier alpha value is -1.96. The van der Waals surface area contributed by atoms with E-state index in [2.05, 4.69) is 0 Å². The molecule has 1 heterocycles. The van der Waals surface area contributed by atoms with E-state index < -0.39 is 29.1 Å². The van der Waals surface area contributed by atoms with Crippen molar-refractivity contribution in [2.75, 3.05) is 11.4 Å². The number of carbonyl (C=O) groups is 3. The smallest absolute Gasteiger partial charge is 0.338 e. The van der Waals surface area contributed by atoms with E-state index in [9.17, 15) is 23.2 Å². The average Bonchev–Trinajstić information content (AvgIpc) is 2.72. The van der Waals surface area contributed by atoms with E-state index in [0.717, 1.165) is 28.8 Å². The molecule has 0 aliphatic carbocycles. The lowest BCUT2D eigenvalue weighted by atomic mass is 10.1. The number of carbonyl (C=O) groups excluding carboxylic acids is 2. The minimum atomic E-state index is -1.59. The first-order valence-electron chi connectivity index (χ1n) is 6.00. The molecule has 1 aliphatic heterocycles. The van der Waals surface area contributed by atoms with Crippen LogP contribution in [0.4, 0.5) is 14.5 Å². The number of amides is 1. The SMILES string of the molecule is CC(=O)SC1CC(=O)N(c2ccc(C(=O)O)c(F)c2F)C1. The van der Waals surface area contributed by atoms with Crippen molar-refractivity contribution in [3.05, 3.63) is 29.3 Å². The Morgan fingerprint density at radius 2 is 2.00 bits per heavy atom. The van der Waals surface area contributed by atoms with Crippen LogP contribution in [-0.2, 0) is 9.59 Å². The zero-order chi connectivity index (χ0) is 15.7. The fourth-order valence-corrected chi connectivity index (χ4v) is 3.05. The van der Waals surface area contributed by atoms with Crippen LogP contribution < -0.4 is 4.90 Å². The van der Waals surface area contributed by atoms with Gasteiger partial charge in [0.15, 0.2) is 16.7 Å². The predicted molar refractivity (Wildman–Crippen MR) is 72.3 cm³/mol. The summed E-state index contributed by atoms with van der Waals surface area (Å²) in [6.07, 6.45) is 0.0476. The molecule has 1 aromatic carbocycles. The zero-order valence-corrected chi connectivity index (χ0v) is 11.7. The average molecular weight is 315 g/mol. The fraction of sp³-hybridized carbons (Fsp3) is 0.308.